The van der Waals surface area contributed by atoms with Crippen molar-refractivity contribution in [1.29, 1.82) is 0 Å². The molecule has 26 heavy (non-hydrogen) atoms. The van der Waals surface area contributed by atoms with Crippen molar-refractivity contribution in [2.75, 3.05) is 6.54 Å². The maximum absolute atomic E-state index is 12.8. The van der Waals surface area contributed by atoms with Crippen molar-refractivity contribution in [2.24, 2.45) is 10.4 Å². The smallest absolute Gasteiger partial charge is 0.168 e. The number of carbonyl (C=O) groups excluding carboxylic acids is 1. The normalized spacial score (nSPS) is 20.4. The van der Waals surface area contributed by atoms with Crippen LogP contribution < -0.4 is 0 Å². The van der Waals surface area contributed by atoms with Crippen molar-refractivity contribution < 1.29 is 9.90 Å². The minimum Gasteiger partial charge on any atom is -0.511 e. The molecular formula is C23H25NO2. The fourth-order valence-corrected chi connectivity index (χ4v) is 3.64. The van der Waals surface area contributed by atoms with E-state index >= 15 is 0 Å². The van der Waals surface area contributed by atoms with Crippen molar-refractivity contribution in [2.45, 2.75) is 33.1 Å². The van der Waals surface area contributed by atoms with Crippen LogP contribution in [0.4, 0.5) is 0 Å². The molecular weight excluding hydrogens is 322 g/mol. The number of aliphatic hydroxyl groups excluding tert-OH is 1. The molecule has 3 rings (SSSR count). The SMILES string of the molecule is C=CCN=C1CC(C)(C)CC(=O)/C1=C(/O)Cc1cccc2ccccc12. The van der Waals surface area contributed by atoms with E-state index in [1.807, 2.05) is 42.5 Å². The van der Waals surface area contributed by atoms with Crippen molar-refractivity contribution in [3.05, 3.63) is 72.0 Å². The summed E-state index contributed by atoms with van der Waals surface area (Å²) < 4.78 is 0. The molecule has 134 valence electrons. The average molecular weight is 347 g/mol. The molecule has 0 amide bonds. The van der Waals surface area contributed by atoms with Gasteiger partial charge in [0.05, 0.1) is 12.1 Å². The van der Waals surface area contributed by atoms with Gasteiger partial charge in [-0.3, -0.25) is 9.79 Å². The van der Waals surface area contributed by atoms with Crippen LogP contribution in [0.15, 0.2) is 71.4 Å². The van der Waals surface area contributed by atoms with Crippen molar-refractivity contribution in [1.82, 2.24) is 0 Å². The summed E-state index contributed by atoms with van der Waals surface area (Å²) in [6.45, 7) is 8.27. The van der Waals surface area contributed by atoms with Crippen LogP contribution in [0.5, 0.6) is 0 Å². The highest BCUT2D eigenvalue weighted by atomic mass is 16.3. The maximum atomic E-state index is 12.8. The van der Waals surface area contributed by atoms with Crippen molar-refractivity contribution in [3.8, 4) is 0 Å². The number of hydrogen-bond donors (Lipinski definition) is 1. The first-order valence-electron chi connectivity index (χ1n) is 8.98. The van der Waals surface area contributed by atoms with Gasteiger partial charge in [-0.2, -0.15) is 0 Å². The number of Topliss-reactive ketones (excluding diaryl/α,β-unsaturated/α-hetero) is 1. The van der Waals surface area contributed by atoms with E-state index in [9.17, 15) is 9.90 Å². The summed E-state index contributed by atoms with van der Waals surface area (Å²) in [7, 11) is 0. The molecule has 1 saturated carbocycles. The number of benzene rings is 2. The fourth-order valence-electron chi connectivity index (χ4n) is 3.64. The third-order valence-corrected chi connectivity index (χ3v) is 4.79. The molecule has 0 bridgehead atoms. The van der Waals surface area contributed by atoms with Gasteiger partial charge in [0.25, 0.3) is 0 Å². The Morgan fingerprint density at radius 3 is 2.69 bits per heavy atom. The molecule has 2 aromatic carbocycles. The molecule has 0 saturated heterocycles. The second-order valence-electron chi connectivity index (χ2n) is 7.65. The highest BCUT2D eigenvalue weighted by Crippen LogP contribution is 2.36. The van der Waals surface area contributed by atoms with Gasteiger partial charge < -0.3 is 5.11 Å². The van der Waals surface area contributed by atoms with Crippen LogP contribution in [-0.4, -0.2) is 23.1 Å². The van der Waals surface area contributed by atoms with Crippen LogP contribution in [0.1, 0.15) is 32.3 Å². The third kappa shape index (κ3) is 3.77. The molecule has 0 aromatic heterocycles. The Hall–Kier alpha value is -2.68. The van der Waals surface area contributed by atoms with E-state index in [-0.39, 0.29) is 17.0 Å². The highest BCUT2D eigenvalue weighted by molar-refractivity contribution is 6.24. The average Bonchev–Trinajstić information content (AvgIpc) is 2.58. The van der Waals surface area contributed by atoms with Crippen LogP contribution in [0, 0.1) is 5.41 Å². The lowest BCUT2D eigenvalue weighted by atomic mass is 9.73. The highest BCUT2D eigenvalue weighted by Gasteiger charge is 2.36. The quantitative estimate of drug-likeness (QED) is 0.469. The first kappa shape index (κ1) is 18.1. The van der Waals surface area contributed by atoms with Crippen molar-refractivity contribution >= 4 is 22.3 Å². The minimum absolute atomic E-state index is 0.0261. The van der Waals surface area contributed by atoms with Gasteiger partial charge in [0.1, 0.15) is 5.76 Å². The van der Waals surface area contributed by atoms with E-state index in [1.165, 1.54) is 0 Å². The van der Waals surface area contributed by atoms with Crippen LogP contribution in [0.2, 0.25) is 0 Å². The Morgan fingerprint density at radius 2 is 1.92 bits per heavy atom. The van der Waals surface area contributed by atoms with Gasteiger partial charge in [0.2, 0.25) is 0 Å². The maximum Gasteiger partial charge on any atom is 0.168 e. The van der Waals surface area contributed by atoms with E-state index in [0.29, 0.717) is 37.1 Å². The molecule has 3 nitrogen and oxygen atoms in total. The number of rotatable bonds is 4. The number of fused-ring (bicyclic) bond motifs is 1. The number of nitrogens with zero attached hydrogens (tertiary/aromatic N) is 1. The Balaban J connectivity index is 2.03. The summed E-state index contributed by atoms with van der Waals surface area (Å²) in [5, 5.41) is 13.1. The van der Waals surface area contributed by atoms with Gasteiger partial charge in [0.15, 0.2) is 5.78 Å². The number of ketones is 1. The lowest BCUT2D eigenvalue weighted by Crippen LogP contribution is -2.33. The van der Waals surface area contributed by atoms with Gasteiger partial charge in [-0.05, 0) is 28.2 Å². The molecule has 0 spiro atoms. The summed E-state index contributed by atoms with van der Waals surface area (Å²) in [4.78, 5) is 17.3. The zero-order chi connectivity index (χ0) is 18.7. The Bertz CT molecular complexity index is 913. The molecule has 2 aromatic rings. The first-order chi connectivity index (χ1) is 12.4. The molecule has 0 radical (unpaired) electrons. The van der Waals surface area contributed by atoms with E-state index in [0.717, 1.165) is 16.3 Å². The largest absolute Gasteiger partial charge is 0.511 e. The predicted octanol–water partition coefficient (Wildman–Crippen LogP) is 5.21. The molecule has 3 heteroatoms. The van der Waals surface area contributed by atoms with Gasteiger partial charge >= 0.3 is 0 Å². The number of aliphatic hydroxyl groups is 1. The molecule has 1 aliphatic rings. The topological polar surface area (TPSA) is 49.7 Å². The monoisotopic (exact) mass is 347 g/mol. The van der Waals surface area contributed by atoms with Gasteiger partial charge in [-0.1, -0.05) is 62.4 Å². The van der Waals surface area contributed by atoms with Crippen LogP contribution in [0.25, 0.3) is 10.8 Å². The van der Waals surface area contributed by atoms with Gasteiger partial charge in [-0.15, -0.1) is 6.58 Å². The lowest BCUT2D eigenvalue weighted by molar-refractivity contribution is -0.117. The van der Waals surface area contributed by atoms with E-state index in [1.54, 1.807) is 6.08 Å². The molecule has 1 N–H and O–H groups in total. The number of allylic oxidation sites excluding steroid dienone is 2. The van der Waals surface area contributed by atoms with Gasteiger partial charge in [-0.25, -0.2) is 0 Å². The Labute approximate surface area is 154 Å². The van der Waals surface area contributed by atoms with E-state index < -0.39 is 0 Å². The summed E-state index contributed by atoms with van der Waals surface area (Å²) in [6, 6.07) is 14.1. The third-order valence-electron chi connectivity index (χ3n) is 4.79. The second-order valence-corrected chi connectivity index (χ2v) is 7.65. The predicted molar refractivity (Wildman–Crippen MR) is 108 cm³/mol. The molecule has 0 heterocycles. The van der Waals surface area contributed by atoms with Crippen LogP contribution in [0.3, 0.4) is 0 Å². The number of aliphatic imine (C=N–C) groups is 1. The fraction of sp³-hybridized carbons (Fsp3) is 0.304. The Kier molecular flexibility index (Phi) is 5.08. The Morgan fingerprint density at radius 1 is 1.19 bits per heavy atom. The summed E-state index contributed by atoms with van der Waals surface area (Å²) in [5.74, 6) is 0.0893. The standard InChI is InChI=1S/C23H25NO2/c1-4-12-24-19-14-23(2,3)15-21(26)22(19)20(25)13-17-10-7-9-16-8-5-6-11-18(16)17/h4-11,25H,1,12-15H2,2-3H3/b22-20+,24-19?. The molecule has 0 atom stereocenters. The molecule has 0 unspecified atom stereocenters. The van der Waals surface area contributed by atoms with E-state index in [4.69, 9.17) is 0 Å². The first-order valence-corrected chi connectivity index (χ1v) is 8.98. The summed E-state index contributed by atoms with van der Waals surface area (Å²) in [6.07, 6.45) is 3.14. The minimum atomic E-state index is -0.139. The summed E-state index contributed by atoms with van der Waals surface area (Å²) in [5.41, 5.74) is 1.97. The van der Waals surface area contributed by atoms with Crippen LogP contribution >= 0.6 is 0 Å². The summed E-state index contributed by atoms with van der Waals surface area (Å²) >= 11 is 0. The zero-order valence-electron chi connectivity index (χ0n) is 15.5. The molecule has 1 aliphatic carbocycles. The zero-order valence-corrected chi connectivity index (χ0v) is 15.5. The number of carbonyl (C=O) groups is 1. The second kappa shape index (κ2) is 7.28. The number of hydrogen-bond acceptors (Lipinski definition) is 3. The van der Waals surface area contributed by atoms with Crippen molar-refractivity contribution in [3.63, 3.8) is 0 Å². The lowest BCUT2D eigenvalue weighted by Gasteiger charge is -2.31. The van der Waals surface area contributed by atoms with Crippen LogP contribution in [-0.2, 0) is 11.2 Å². The molecule has 1 fully saturated rings. The molecule has 0 aliphatic heterocycles. The van der Waals surface area contributed by atoms with Gasteiger partial charge in [0, 0.05) is 18.6 Å². The van der Waals surface area contributed by atoms with E-state index in [2.05, 4.69) is 25.4 Å².